The summed E-state index contributed by atoms with van der Waals surface area (Å²) in [5, 5.41) is 9.17. The molecule has 0 fully saturated rings. The van der Waals surface area contributed by atoms with Crippen molar-refractivity contribution in [3.63, 3.8) is 0 Å². The minimum absolute atomic E-state index is 0.00834. The third-order valence-corrected chi connectivity index (χ3v) is 2.79. The first kappa shape index (κ1) is 16.7. The SMILES string of the molecule is CCOC(=O)C(O)CCc1ccc(C(F)(F)F)nc1Cl. The highest BCUT2D eigenvalue weighted by Crippen LogP contribution is 2.29. The van der Waals surface area contributed by atoms with E-state index in [2.05, 4.69) is 9.72 Å². The average Bonchev–Trinajstić information content (AvgIpc) is 2.36. The minimum atomic E-state index is -4.56. The zero-order valence-electron chi connectivity index (χ0n) is 10.6. The van der Waals surface area contributed by atoms with E-state index in [-0.39, 0.29) is 24.6 Å². The Bertz CT molecular complexity index is 480. The van der Waals surface area contributed by atoms with E-state index in [1.54, 1.807) is 6.92 Å². The number of aryl methyl sites for hydroxylation is 1. The van der Waals surface area contributed by atoms with Gasteiger partial charge >= 0.3 is 12.1 Å². The molecule has 4 nitrogen and oxygen atoms in total. The maximum Gasteiger partial charge on any atom is 0.433 e. The summed E-state index contributed by atoms with van der Waals surface area (Å²) in [7, 11) is 0. The molecule has 1 atom stereocenters. The molecule has 0 bridgehead atoms. The number of carbonyl (C=O) groups is 1. The number of halogens is 4. The first-order valence-electron chi connectivity index (χ1n) is 5.83. The predicted octanol–water partition coefficient (Wildman–Crippen LogP) is 2.61. The maximum atomic E-state index is 12.4. The standard InChI is InChI=1S/C12H13ClF3NO3/c1-2-20-11(19)8(18)5-3-7-4-6-9(12(14,15)16)17-10(7)13/h4,6,8,18H,2-3,5H2,1H3. The maximum absolute atomic E-state index is 12.4. The molecule has 0 saturated heterocycles. The second-order valence-corrected chi connectivity index (χ2v) is 4.31. The van der Waals surface area contributed by atoms with E-state index in [0.29, 0.717) is 5.56 Å². The Morgan fingerprint density at radius 3 is 2.65 bits per heavy atom. The molecule has 0 aromatic carbocycles. The highest BCUT2D eigenvalue weighted by atomic mass is 35.5. The number of nitrogens with zero attached hydrogens (tertiary/aromatic N) is 1. The smallest absolute Gasteiger partial charge is 0.433 e. The van der Waals surface area contributed by atoms with E-state index >= 15 is 0 Å². The van der Waals surface area contributed by atoms with Crippen molar-refractivity contribution in [1.29, 1.82) is 0 Å². The van der Waals surface area contributed by atoms with Crippen LogP contribution in [0.1, 0.15) is 24.6 Å². The van der Waals surface area contributed by atoms with Crippen molar-refractivity contribution >= 4 is 17.6 Å². The Balaban J connectivity index is 2.68. The van der Waals surface area contributed by atoms with Gasteiger partial charge in [0.2, 0.25) is 0 Å². The predicted molar refractivity (Wildman–Crippen MR) is 65.2 cm³/mol. The van der Waals surface area contributed by atoms with Crippen molar-refractivity contribution in [2.24, 2.45) is 0 Å². The highest BCUT2D eigenvalue weighted by molar-refractivity contribution is 6.30. The number of esters is 1. The summed E-state index contributed by atoms with van der Waals surface area (Å²) in [4.78, 5) is 14.4. The van der Waals surface area contributed by atoms with Crippen molar-refractivity contribution in [1.82, 2.24) is 4.98 Å². The molecule has 1 rings (SSSR count). The van der Waals surface area contributed by atoms with Crippen LogP contribution in [0.3, 0.4) is 0 Å². The van der Waals surface area contributed by atoms with Gasteiger partial charge in [-0.25, -0.2) is 9.78 Å². The fourth-order valence-corrected chi connectivity index (χ4v) is 1.70. The van der Waals surface area contributed by atoms with E-state index in [4.69, 9.17) is 11.6 Å². The number of alkyl halides is 3. The van der Waals surface area contributed by atoms with Crippen LogP contribution in [-0.2, 0) is 22.1 Å². The normalized spacial score (nSPS) is 13.1. The zero-order valence-corrected chi connectivity index (χ0v) is 11.3. The molecular formula is C12H13ClF3NO3. The van der Waals surface area contributed by atoms with Crippen molar-refractivity contribution in [3.8, 4) is 0 Å². The number of aromatic nitrogens is 1. The minimum Gasteiger partial charge on any atom is -0.464 e. The van der Waals surface area contributed by atoms with E-state index in [0.717, 1.165) is 6.07 Å². The molecule has 8 heteroatoms. The topological polar surface area (TPSA) is 59.4 Å². The molecule has 1 unspecified atom stereocenters. The molecule has 1 heterocycles. The first-order valence-corrected chi connectivity index (χ1v) is 6.20. The zero-order chi connectivity index (χ0) is 15.3. The molecule has 0 saturated carbocycles. The lowest BCUT2D eigenvalue weighted by Gasteiger charge is -2.11. The lowest BCUT2D eigenvalue weighted by atomic mass is 10.1. The van der Waals surface area contributed by atoms with Crippen molar-refractivity contribution in [2.75, 3.05) is 6.61 Å². The Morgan fingerprint density at radius 2 is 2.15 bits per heavy atom. The average molecular weight is 312 g/mol. The summed E-state index contributed by atoms with van der Waals surface area (Å²) in [6.07, 6.45) is -5.80. The van der Waals surface area contributed by atoms with Crippen LogP contribution in [0.5, 0.6) is 0 Å². The van der Waals surface area contributed by atoms with Crippen molar-refractivity contribution in [3.05, 3.63) is 28.5 Å². The molecule has 0 aliphatic rings. The number of pyridine rings is 1. The van der Waals surface area contributed by atoms with Gasteiger partial charge in [0, 0.05) is 0 Å². The van der Waals surface area contributed by atoms with Gasteiger partial charge < -0.3 is 9.84 Å². The van der Waals surface area contributed by atoms with Gasteiger partial charge in [0.1, 0.15) is 10.8 Å². The Labute approximate surface area is 118 Å². The molecule has 0 radical (unpaired) electrons. The molecule has 0 spiro atoms. The summed E-state index contributed by atoms with van der Waals surface area (Å²) in [6, 6.07) is 1.98. The van der Waals surface area contributed by atoms with Crippen LogP contribution in [0.25, 0.3) is 0 Å². The van der Waals surface area contributed by atoms with Gasteiger partial charge in [0.25, 0.3) is 0 Å². The quantitative estimate of drug-likeness (QED) is 0.671. The van der Waals surface area contributed by atoms with Crippen LogP contribution in [0.4, 0.5) is 13.2 Å². The van der Waals surface area contributed by atoms with Crippen LogP contribution < -0.4 is 0 Å². The molecule has 20 heavy (non-hydrogen) atoms. The molecule has 0 aliphatic carbocycles. The van der Waals surface area contributed by atoms with Gasteiger partial charge in [-0.05, 0) is 31.4 Å². The lowest BCUT2D eigenvalue weighted by molar-refractivity contribution is -0.153. The molecule has 0 amide bonds. The largest absolute Gasteiger partial charge is 0.464 e. The van der Waals surface area contributed by atoms with Crippen LogP contribution in [0.15, 0.2) is 12.1 Å². The van der Waals surface area contributed by atoms with Gasteiger partial charge in [-0.15, -0.1) is 0 Å². The molecule has 1 N–H and O–H groups in total. The number of hydrogen-bond donors (Lipinski definition) is 1. The first-order chi connectivity index (χ1) is 9.25. The number of hydrogen-bond acceptors (Lipinski definition) is 4. The number of aliphatic hydroxyl groups excluding tert-OH is 1. The van der Waals surface area contributed by atoms with Crippen molar-refractivity contribution in [2.45, 2.75) is 32.0 Å². The third-order valence-electron chi connectivity index (χ3n) is 2.46. The van der Waals surface area contributed by atoms with Crippen LogP contribution in [-0.4, -0.2) is 28.8 Å². The molecule has 0 aliphatic heterocycles. The summed E-state index contributed by atoms with van der Waals surface area (Å²) >= 11 is 5.65. The van der Waals surface area contributed by atoms with E-state index in [1.165, 1.54) is 6.07 Å². The van der Waals surface area contributed by atoms with Gasteiger partial charge in [0.05, 0.1) is 6.61 Å². The fourth-order valence-electron chi connectivity index (χ4n) is 1.46. The Kier molecular flexibility index (Phi) is 5.76. The summed E-state index contributed by atoms with van der Waals surface area (Å²) in [5.41, 5.74) is -0.764. The Morgan fingerprint density at radius 1 is 1.50 bits per heavy atom. The van der Waals surface area contributed by atoms with Gasteiger partial charge in [-0.2, -0.15) is 13.2 Å². The van der Waals surface area contributed by atoms with Crippen LogP contribution in [0.2, 0.25) is 5.15 Å². The summed E-state index contributed by atoms with van der Waals surface area (Å²) in [6.45, 7) is 1.74. The number of ether oxygens (including phenoxy) is 1. The summed E-state index contributed by atoms with van der Waals surface area (Å²) in [5.74, 6) is -0.775. The number of carbonyl (C=O) groups excluding carboxylic acids is 1. The molecular weight excluding hydrogens is 299 g/mol. The highest BCUT2D eigenvalue weighted by Gasteiger charge is 2.32. The van der Waals surface area contributed by atoms with Crippen molar-refractivity contribution < 1.29 is 27.8 Å². The lowest BCUT2D eigenvalue weighted by Crippen LogP contribution is -2.23. The number of rotatable bonds is 5. The van der Waals surface area contributed by atoms with Gasteiger partial charge in [-0.1, -0.05) is 17.7 Å². The molecule has 112 valence electrons. The fraction of sp³-hybridized carbons (Fsp3) is 0.500. The van der Waals surface area contributed by atoms with Gasteiger partial charge in [-0.3, -0.25) is 0 Å². The Hall–Kier alpha value is -1.34. The number of aliphatic hydroxyl groups is 1. The molecule has 1 aromatic heterocycles. The van der Waals surface area contributed by atoms with Gasteiger partial charge in [0.15, 0.2) is 6.10 Å². The second-order valence-electron chi connectivity index (χ2n) is 3.95. The van der Waals surface area contributed by atoms with E-state index < -0.39 is 23.9 Å². The summed E-state index contributed by atoms with van der Waals surface area (Å²) < 4.78 is 41.7. The molecule has 1 aromatic rings. The third kappa shape index (κ3) is 4.64. The van der Waals surface area contributed by atoms with E-state index in [9.17, 15) is 23.1 Å². The monoisotopic (exact) mass is 311 g/mol. The second kappa shape index (κ2) is 6.90. The van der Waals surface area contributed by atoms with Crippen LogP contribution >= 0.6 is 11.6 Å². The van der Waals surface area contributed by atoms with E-state index in [1.807, 2.05) is 0 Å². The van der Waals surface area contributed by atoms with Crippen LogP contribution in [0, 0.1) is 0 Å².